The number of hydrogen-bond acceptors (Lipinski definition) is 7. The fourth-order valence-corrected chi connectivity index (χ4v) is 2.78. The molecule has 0 radical (unpaired) electrons. The first-order valence-corrected chi connectivity index (χ1v) is 10.3. The highest BCUT2D eigenvalue weighted by Crippen LogP contribution is 2.09. The molecule has 0 saturated carbocycles. The van der Waals surface area contributed by atoms with E-state index in [1.165, 1.54) is 0 Å². The highest BCUT2D eigenvalue weighted by molar-refractivity contribution is 6.25. The van der Waals surface area contributed by atoms with Crippen molar-refractivity contribution in [2.24, 2.45) is 17.6 Å². The lowest BCUT2D eigenvalue weighted by atomic mass is 10.00. The number of ether oxygens (including phenoxy) is 1. The monoisotopic (exact) mass is 426 g/mol. The molecule has 2 amide bonds. The van der Waals surface area contributed by atoms with E-state index >= 15 is 0 Å². The molecule has 0 saturated heterocycles. The molecule has 5 N–H and O–H groups in total. The van der Waals surface area contributed by atoms with Gasteiger partial charge in [-0.15, -0.1) is 0 Å². The Morgan fingerprint density at radius 2 is 1.57 bits per heavy atom. The third kappa shape index (κ3) is 11.4. The second kappa shape index (κ2) is 14.4. The van der Waals surface area contributed by atoms with Gasteiger partial charge < -0.3 is 21.1 Å². The van der Waals surface area contributed by atoms with Gasteiger partial charge in [0.05, 0.1) is 23.0 Å². The van der Waals surface area contributed by atoms with E-state index < -0.39 is 41.7 Å². The van der Waals surface area contributed by atoms with Gasteiger partial charge in [0.15, 0.2) is 0 Å². The Bertz CT molecular complexity index is 643. The summed E-state index contributed by atoms with van der Waals surface area (Å²) < 4.78 is 4.98. The lowest BCUT2D eigenvalue weighted by Crippen LogP contribution is -2.55. The molecule has 0 rings (SSSR count). The molecule has 3 atom stereocenters. The van der Waals surface area contributed by atoms with E-state index in [4.69, 9.17) is 16.0 Å². The number of nitrogens with zero attached hydrogens (tertiary/aromatic N) is 1. The molecule has 0 heterocycles. The van der Waals surface area contributed by atoms with Crippen molar-refractivity contribution in [2.45, 2.75) is 78.4 Å². The van der Waals surface area contributed by atoms with Crippen LogP contribution in [0.2, 0.25) is 0 Å². The van der Waals surface area contributed by atoms with Gasteiger partial charge in [-0.25, -0.2) is 4.79 Å². The molecule has 10 nitrogen and oxygen atoms in total. The Kier molecular flexibility index (Phi) is 13.2. The smallest absolute Gasteiger partial charge is 0.372 e. The molecule has 0 aromatic rings. The van der Waals surface area contributed by atoms with Crippen molar-refractivity contribution < 1.29 is 28.7 Å². The van der Waals surface area contributed by atoms with Crippen molar-refractivity contribution in [1.82, 2.24) is 10.6 Å². The van der Waals surface area contributed by atoms with E-state index in [2.05, 4.69) is 15.4 Å². The number of ketones is 1. The van der Waals surface area contributed by atoms with Gasteiger partial charge >= 0.3 is 12.2 Å². The lowest BCUT2D eigenvalue weighted by Gasteiger charge is -2.25. The van der Waals surface area contributed by atoms with Crippen LogP contribution in [0.3, 0.4) is 0 Å². The van der Waals surface area contributed by atoms with E-state index in [-0.39, 0.29) is 31.3 Å². The summed E-state index contributed by atoms with van der Waals surface area (Å²) in [4.78, 5) is 51.9. The first-order valence-electron chi connectivity index (χ1n) is 10.3. The van der Waals surface area contributed by atoms with Crippen LogP contribution in [0.25, 0.3) is 0 Å². The van der Waals surface area contributed by atoms with E-state index in [0.29, 0.717) is 12.8 Å². The van der Waals surface area contributed by atoms with Gasteiger partial charge in [-0.2, -0.15) is 0 Å². The van der Waals surface area contributed by atoms with E-state index in [1.807, 2.05) is 27.7 Å². The standard InChI is InChI=1S/C20H35N5O5/c1-6-30-20(29)16(8-7-14(26)11-23-22)24-19(28)17(10-13(4)5)25-18(27)15(21)9-12(2)3/h11-13,15-17,22H,6-10,21H2,1-5H3,(H-,24,25,27,28)/p+1/t15-,16-,17-/m0/s1. The van der Waals surface area contributed by atoms with Crippen molar-refractivity contribution in [3.8, 4) is 0 Å². The summed E-state index contributed by atoms with van der Waals surface area (Å²) in [6.07, 6.45) is 1.57. The normalized spacial score (nSPS) is 13.7. The summed E-state index contributed by atoms with van der Waals surface area (Å²) in [5.41, 5.74) is 12.6. The maximum atomic E-state index is 12.8. The topological polar surface area (TPSA) is 166 Å². The highest BCUT2D eigenvalue weighted by atomic mass is 16.5. The van der Waals surface area contributed by atoms with Gasteiger partial charge in [-0.05, 0) is 38.0 Å². The summed E-state index contributed by atoms with van der Waals surface area (Å²) in [6.45, 7) is 9.45. The fourth-order valence-electron chi connectivity index (χ4n) is 2.78. The van der Waals surface area contributed by atoms with Gasteiger partial charge in [0.1, 0.15) is 12.1 Å². The highest BCUT2D eigenvalue weighted by Gasteiger charge is 2.29. The average molecular weight is 427 g/mol. The first-order chi connectivity index (χ1) is 14.0. The van der Waals surface area contributed by atoms with Crippen LogP contribution in [0.15, 0.2) is 0 Å². The maximum Gasteiger partial charge on any atom is 0.372 e. The summed E-state index contributed by atoms with van der Waals surface area (Å²) in [7, 11) is 0. The second-order valence-electron chi connectivity index (χ2n) is 8.00. The van der Waals surface area contributed by atoms with Gasteiger partial charge in [0, 0.05) is 6.42 Å². The molecule has 0 aromatic carbocycles. The number of esters is 1. The first kappa shape index (κ1) is 27.4. The summed E-state index contributed by atoms with van der Waals surface area (Å²) in [5, 5.41) is 5.25. The predicted octanol–water partition coefficient (Wildman–Crippen LogP) is 0.598. The number of carbonyl (C=O) groups is 4. The van der Waals surface area contributed by atoms with Gasteiger partial charge in [-0.1, -0.05) is 27.7 Å². The second-order valence-corrected chi connectivity index (χ2v) is 8.00. The zero-order valence-corrected chi connectivity index (χ0v) is 18.6. The molecule has 0 aliphatic carbocycles. The van der Waals surface area contributed by atoms with Crippen molar-refractivity contribution in [2.75, 3.05) is 6.61 Å². The Hall–Kier alpha value is -2.58. The van der Waals surface area contributed by atoms with Crippen LogP contribution in [0.5, 0.6) is 0 Å². The van der Waals surface area contributed by atoms with Crippen LogP contribution in [-0.4, -0.2) is 59.3 Å². The third-order valence-electron chi connectivity index (χ3n) is 4.18. The molecule has 30 heavy (non-hydrogen) atoms. The average Bonchev–Trinajstić information content (AvgIpc) is 2.63. The summed E-state index contributed by atoms with van der Waals surface area (Å²) >= 11 is 0. The molecular formula is C20H36N5O5+. The van der Waals surface area contributed by atoms with Crippen molar-refractivity contribution in [3.05, 3.63) is 0 Å². The van der Waals surface area contributed by atoms with Crippen molar-refractivity contribution in [1.29, 1.82) is 5.53 Å². The Labute approximate surface area is 177 Å². The Morgan fingerprint density at radius 1 is 1.00 bits per heavy atom. The Morgan fingerprint density at radius 3 is 2.07 bits per heavy atom. The minimum Gasteiger partial charge on any atom is -0.464 e. The predicted molar refractivity (Wildman–Crippen MR) is 111 cm³/mol. The van der Waals surface area contributed by atoms with Gasteiger partial charge in [-0.3, -0.25) is 14.4 Å². The molecule has 0 spiro atoms. The Balaban J connectivity index is 5.29. The van der Waals surface area contributed by atoms with E-state index in [0.717, 1.165) is 6.21 Å². The minimum atomic E-state index is -1.06. The van der Waals surface area contributed by atoms with Gasteiger partial charge in [0.2, 0.25) is 17.6 Å². The number of Topliss-reactive ketones (excluding diaryl/α,β-unsaturated/α-hetero) is 1. The molecule has 0 unspecified atom stereocenters. The molecular weight excluding hydrogens is 390 g/mol. The number of nitrogens with one attached hydrogen (secondary N) is 3. The van der Waals surface area contributed by atoms with E-state index in [1.54, 1.807) is 6.92 Å². The van der Waals surface area contributed by atoms with Crippen LogP contribution in [-0.2, 0) is 23.9 Å². The number of rotatable bonds is 14. The van der Waals surface area contributed by atoms with E-state index in [9.17, 15) is 19.2 Å². The number of nitrogens with two attached hydrogens (primary N) is 1. The van der Waals surface area contributed by atoms with Crippen molar-refractivity contribution >= 4 is 29.8 Å². The lowest BCUT2D eigenvalue weighted by molar-refractivity contribution is -0.148. The van der Waals surface area contributed by atoms with Crippen LogP contribution in [0.4, 0.5) is 0 Å². The SMILES string of the molecule is CCOC(=O)[C@H](CCC(=O)C=[N+]=N)NC(=O)[C@H](CC(C)C)NC(=O)[C@@H](N)CC(C)C. The fraction of sp³-hybridized carbons (Fsp3) is 0.750. The number of carbonyl (C=O) groups excluding carboxylic acids is 4. The third-order valence-corrected chi connectivity index (χ3v) is 4.18. The van der Waals surface area contributed by atoms with Crippen molar-refractivity contribution in [3.63, 3.8) is 0 Å². The molecule has 0 aliphatic heterocycles. The van der Waals surface area contributed by atoms with Crippen LogP contribution >= 0.6 is 0 Å². The minimum absolute atomic E-state index is 0.00929. The van der Waals surface area contributed by atoms with Crippen LogP contribution < -0.4 is 16.4 Å². The summed E-state index contributed by atoms with van der Waals surface area (Å²) in [6, 6.07) is -2.68. The molecule has 0 aromatic heterocycles. The molecule has 0 aliphatic rings. The zero-order valence-electron chi connectivity index (χ0n) is 18.6. The molecule has 170 valence electrons. The molecule has 10 heteroatoms. The quantitative estimate of drug-likeness (QED) is 0.137. The number of amides is 2. The van der Waals surface area contributed by atoms with Crippen LogP contribution in [0.1, 0.15) is 60.3 Å². The summed E-state index contributed by atoms with van der Waals surface area (Å²) in [5.74, 6) is -1.78. The molecule has 0 bridgehead atoms. The zero-order chi connectivity index (χ0) is 23.3. The maximum absolute atomic E-state index is 12.8. The number of hydrogen-bond donors (Lipinski definition) is 4. The molecule has 0 fully saturated rings. The largest absolute Gasteiger partial charge is 0.464 e. The van der Waals surface area contributed by atoms with Gasteiger partial charge in [0.25, 0.3) is 0 Å². The van der Waals surface area contributed by atoms with Crippen LogP contribution in [0, 0.1) is 17.4 Å².